The predicted molar refractivity (Wildman–Crippen MR) is 92.2 cm³/mol. The third-order valence-corrected chi connectivity index (χ3v) is 6.02. The van der Waals surface area contributed by atoms with Crippen LogP contribution in [0.4, 0.5) is 0 Å². The average molecular weight is 317 g/mol. The third-order valence-electron chi connectivity index (χ3n) is 6.02. The van der Waals surface area contributed by atoms with Crippen molar-refractivity contribution >= 4 is 16.8 Å². The van der Waals surface area contributed by atoms with Gasteiger partial charge in [-0.15, -0.1) is 0 Å². The molecular weight excluding hydrogens is 298 g/mol. The first-order valence-electron chi connectivity index (χ1n) is 8.46. The lowest BCUT2D eigenvalue weighted by Gasteiger charge is -2.10. The van der Waals surface area contributed by atoms with Gasteiger partial charge in [-0.2, -0.15) is 5.10 Å². The summed E-state index contributed by atoms with van der Waals surface area (Å²) in [6.07, 6.45) is 2.73. The Morgan fingerprint density at radius 3 is 2.96 bits per heavy atom. The first kappa shape index (κ1) is 13.9. The van der Waals surface area contributed by atoms with E-state index >= 15 is 0 Å². The highest BCUT2D eigenvalue weighted by Gasteiger charge is 2.64. The smallest absolute Gasteiger partial charge is 0.267 e. The fraction of sp³-hybridized carbons (Fsp3) is 0.350. The molecule has 4 heteroatoms. The van der Waals surface area contributed by atoms with Crippen molar-refractivity contribution in [1.82, 2.24) is 14.8 Å². The van der Waals surface area contributed by atoms with Crippen molar-refractivity contribution in [3.8, 4) is 0 Å². The monoisotopic (exact) mass is 317 g/mol. The normalized spacial score (nSPS) is 23.1. The quantitative estimate of drug-likeness (QED) is 0.687. The second kappa shape index (κ2) is 4.32. The minimum Gasteiger partial charge on any atom is -0.267 e. The van der Waals surface area contributed by atoms with Crippen molar-refractivity contribution in [3.05, 3.63) is 59.0 Å². The summed E-state index contributed by atoms with van der Waals surface area (Å²) in [5, 5.41) is 5.56. The molecule has 2 unspecified atom stereocenters. The lowest BCUT2D eigenvalue weighted by atomic mass is 9.98. The van der Waals surface area contributed by atoms with E-state index in [0.717, 1.165) is 28.7 Å². The molecule has 0 aliphatic heterocycles. The Kier molecular flexibility index (Phi) is 2.50. The van der Waals surface area contributed by atoms with Crippen LogP contribution in [-0.4, -0.2) is 20.7 Å². The largest absolute Gasteiger partial charge is 0.278 e. The van der Waals surface area contributed by atoms with E-state index in [1.165, 1.54) is 5.56 Å². The van der Waals surface area contributed by atoms with E-state index in [1.807, 2.05) is 37.3 Å². The molecule has 2 aliphatic rings. The summed E-state index contributed by atoms with van der Waals surface area (Å²) >= 11 is 0. The van der Waals surface area contributed by atoms with Gasteiger partial charge in [0.2, 0.25) is 0 Å². The van der Waals surface area contributed by atoms with E-state index in [-0.39, 0.29) is 5.91 Å². The van der Waals surface area contributed by atoms with Gasteiger partial charge in [-0.3, -0.25) is 9.78 Å². The van der Waals surface area contributed by atoms with E-state index in [2.05, 4.69) is 23.9 Å². The predicted octanol–water partition coefficient (Wildman–Crippen LogP) is 3.72. The molecule has 2 atom stereocenters. The molecule has 1 aromatic carbocycles. The molecule has 1 fully saturated rings. The van der Waals surface area contributed by atoms with Gasteiger partial charge in [-0.05, 0) is 54.9 Å². The molecule has 2 aliphatic carbocycles. The molecule has 4 nitrogen and oxygen atoms in total. The zero-order valence-corrected chi connectivity index (χ0v) is 14.1. The Bertz CT molecular complexity index is 1010. The maximum Gasteiger partial charge on any atom is 0.278 e. The van der Waals surface area contributed by atoms with Crippen molar-refractivity contribution < 1.29 is 4.79 Å². The van der Waals surface area contributed by atoms with Crippen LogP contribution in [0.25, 0.3) is 10.9 Å². The number of benzene rings is 1. The molecule has 5 rings (SSSR count). The molecule has 0 saturated heterocycles. The van der Waals surface area contributed by atoms with Gasteiger partial charge in [0.15, 0.2) is 0 Å². The molecule has 0 bridgehead atoms. The number of pyridine rings is 1. The Labute approximate surface area is 140 Å². The molecule has 0 N–H and O–H groups in total. The Morgan fingerprint density at radius 2 is 2.12 bits per heavy atom. The van der Waals surface area contributed by atoms with Gasteiger partial charge < -0.3 is 0 Å². The summed E-state index contributed by atoms with van der Waals surface area (Å²) in [4.78, 5) is 17.3. The molecule has 24 heavy (non-hydrogen) atoms. The fourth-order valence-electron chi connectivity index (χ4n) is 4.59. The third kappa shape index (κ3) is 1.66. The number of nitrogens with zero attached hydrogens (tertiary/aromatic N) is 3. The van der Waals surface area contributed by atoms with Gasteiger partial charge in [-0.1, -0.05) is 19.9 Å². The van der Waals surface area contributed by atoms with Crippen LogP contribution in [0.2, 0.25) is 0 Å². The maximum absolute atomic E-state index is 13.0. The van der Waals surface area contributed by atoms with Crippen LogP contribution < -0.4 is 0 Å². The zero-order valence-electron chi connectivity index (χ0n) is 14.1. The molecule has 2 aromatic heterocycles. The second-order valence-electron chi connectivity index (χ2n) is 7.68. The van der Waals surface area contributed by atoms with E-state index in [1.54, 1.807) is 10.9 Å². The van der Waals surface area contributed by atoms with Crippen molar-refractivity contribution in [2.24, 2.45) is 11.3 Å². The Morgan fingerprint density at radius 1 is 1.29 bits per heavy atom. The van der Waals surface area contributed by atoms with Gasteiger partial charge in [0.1, 0.15) is 0 Å². The number of fused-ring (bicyclic) bond motifs is 4. The van der Waals surface area contributed by atoms with Crippen molar-refractivity contribution in [1.29, 1.82) is 0 Å². The Hall–Kier alpha value is -2.49. The summed E-state index contributed by atoms with van der Waals surface area (Å²) in [5.74, 6) is 1.21. The highest BCUT2D eigenvalue weighted by Crippen LogP contribution is 2.70. The minimum atomic E-state index is -0.0378. The summed E-state index contributed by atoms with van der Waals surface area (Å²) < 4.78 is 1.64. The summed E-state index contributed by atoms with van der Waals surface area (Å²) in [6, 6.07) is 9.53. The number of rotatable bonds is 1. The van der Waals surface area contributed by atoms with E-state index in [9.17, 15) is 4.79 Å². The molecule has 0 spiro atoms. The summed E-state index contributed by atoms with van der Waals surface area (Å²) in [7, 11) is 0. The molecular formula is C20H19N3O. The Balaban J connectivity index is 1.59. The minimum absolute atomic E-state index is 0.0378. The molecule has 120 valence electrons. The fourth-order valence-corrected chi connectivity index (χ4v) is 4.59. The molecule has 1 saturated carbocycles. The van der Waals surface area contributed by atoms with E-state index < -0.39 is 0 Å². The first-order valence-corrected chi connectivity index (χ1v) is 8.46. The number of hydrogen-bond donors (Lipinski definition) is 0. The van der Waals surface area contributed by atoms with Crippen LogP contribution in [0, 0.1) is 18.3 Å². The molecule has 3 aromatic rings. The lowest BCUT2D eigenvalue weighted by Crippen LogP contribution is -2.17. The van der Waals surface area contributed by atoms with Crippen LogP contribution in [-0.2, 0) is 6.42 Å². The second-order valence-corrected chi connectivity index (χ2v) is 7.68. The van der Waals surface area contributed by atoms with Crippen molar-refractivity contribution in [2.75, 3.05) is 0 Å². The number of aromatic nitrogens is 3. The topological polar surface area (TPSA) is 47.8 Å². The molecule has 0 radical (unpaired) electrons. The first-order chi connectivity index (χ1) is 11.5. The SMILES string of the molecule is Cc1nn(C(=O)c2ccc3ncccc3c2)c2c1C1C(C2)C1(C)C. The van der Waals surface area contributed by atoms with Gasteiger partial charge in [0.05, 0.1) is 16.9 Å². The molecule has 0 amide bonds. The highest BCUT2D eigenvalue weighted by molar-refractivity contribution is 5.99. The maximum atomic E-state index is 13.0. The van der Waals surface area contributed by atoms with Crippen LogP contribution in [0.5, 0.6) is 0 Å². The summed E-state index contributed by atoms with van der Waals surface area (Å²) in [5.41, 5.74) is 5.39. The van der Waals surface area contributed by atoms with E-state index in [0.29, 0.717) is 22.8 Å². The van der Waals surface area contributed by atoms with Crippen molar-refractivity contribution in [3.63, 3.8) is 0 Å². The standard InChI is InChI=1S/C20H19N3O/c1-11-17-16(10-14-18(17)20(14,2)3)23(22-11)19(24)13-6-7-15-12(9-13)5-4-8-21-15/h4-9,14,18H,10H2,1-3H3. The van der Waals surface area contributed by atoms with Gasteiger partial charge >= 0.3 is 0 Å². The lowest BCUT2D eigenvalue weighted by molar-refractivity contribution is 0.0941. The summed E-state index contributed by atoms with van der Waals surface area (Å²) in [6.45, 7) is 6.67. The zero-order chi connectivity index (χ0) is 16.6. The van der Waals surface area contributed by atoms with Crippen LogP contribution >= 0.6 is 0 Å². The van der Waals surface area contributed by atoms with Gasteiger partial charge in [-0.25, -0.2) is 4.68 Å². The van der Waals surface area contributed by atoms with Crippen LogP contribution in [0.15, 0.2) is 36.5 Å². The van der Waals surface area contributed by atoms with E-state index in [4.69, 9.17) is 0 Å². The average Bonchev–Trinajstić information content (AvgIpc) is 2.93. The number of hydrogen-bond acceptors (Lipinski definition) is 3. The molecule has 2 heterocycles. The van der Waals surface area contributed by atoms with Gasteiger partial charge in [0.25, 0.3) is 5.91 Å². The van der Waals surface area contributed by atoms with Gasteiger partial charge in [0, 0.05) is 22.7 Å². The number of carbonyl (C=O) groups excluding carboxylic acids is 1. The van der Waals surface area contributed by atoms with Crippen molar-refractivity contribution in [2.45, 2.75) is 33.1 Å². The highest BCUT2D eigenvalue weighted by atomic mass is 16.2. The van der Waals surface area contributed by atoms with Crippen LogP contribution in [0.3, 0.4) is 0 Å². The van der Waals surface area contributed by atoms with Crippen LogP contribution in [0.1, 0.15) is 47.1 Å². The number of carbonyl (C=O) groups is 1. The number of aryl methyl sites for hydroxylation is 1.